The zero-order valence-electron chi connectivity index (χ0n) is 10.0. The molecule has 4 heteroatoms. The Balaban J connectivity index is 2.23. The Labute approximate surface area is 110 Å². The van der Waals surface area contributed by atoms with Gasteiger partial charge in [-0.25, -0.2) is 4.39 Å². The molecule has 1 aromatic carbocycles. The molecule has 1 heterocycles. The van der Waals surface area contributed by atoms with E-state index < -0.39 is 6.10 Å². The van der Waals surface area contributed by atoms with Crippen LogP contribution in [-0.4, -0.2) is 27.1 Å². The highest BCUT2D eigenvalue weighted by Crippen LogP contribution is 2.39. The van der Waals surface area contributed by atoms with Crippen LogP contribution in [0.3, 0.4) is 0 Å². The van der Waals surface area contributed by atoms with Gasteiger partial charge in [-0.15, -0.1) is 0 Å². The zero-order chi connectivity index (χ0) is 12.4. The van der Waals surface area contributed by atoms with Crippen LogP contribution in [0.1, 0.15) is 24.2 Å². The molecule has 0 bridgehead atoms. The van der Waals surface area contributed by atoms with Crippen molar-refractivity contribution in [1.82, 2.24) is 0 Å². The van der Waals surface area contributed by atoms with E-state index in [0.29, 0.717) is 10.8 Å². The van der Waals surface area contributed by atoms with Gasteiger partial charge in [-0.1, -0.05) is 24.6 Å². The maximum Gasteiger partial charge on any atom is 0.129 e. The highest BCUT2D eigenvalue weighted by molar-refractivity contribution is 8.07. The van der Waals surface area contributed by atoms with Crippen LogP contribution in [0.2, 0.25) is 0 Å². The molecular formula is C13H17FOS2. The second kappa shape index (κ2) is 5.63. The summed E-state index contributed by atoms with van der Waals surface area (Å²) in [6.45, 7) is 4.03. The van der Waals surface area contributed by atoms with E-state index in [4.69, 9.17) is 0 Å². The van der Waals surface area contributed by atoms with Crippen molar-refractivity contribution in [2.24, 2.45) is 0 Å². The minimum Gasteiger partial charge on any atom is -0.387 e. The molecule has 1 aliphatic heterocycles. The van der Waals surface area contributed by atoms with Crippen molar-refractivity contribution < 1.29 is 9.50 Å². The molecule has 0 spiro atoms. The Bertz CT molecular complexity index is 397. The van der Waals surface area contributed by atoms with Crippen molar-refractivity contribution in [1.29, 1.82) is 0 Å². The molecule has 17 heavy (non-hydrogen) atoms. The fourth-order valence-corrected chi connectivity index (χ4v) is 4.89. The van der Waals surface area contributed by atoms with Crippen molar-refractivity contribution in [3.8, 4) is 0 Å². The molecule has 94 valence electrons. The van der Waals surface area contributed by atoms with E-state index in [9.17, 15) is 9.50 Å². The molecule has 3 unspecified atom stereocenters. The van der Waals surface area contributed by atoms with E-state index in [1.807, 2.05) is 18.7 Å². The number of hydrogen-bond donors (Lipinski definition) is 1. The molecule has 1 saturated heterocycles. The van der Waals surface area contributed by atoms with Gasteiger partial charge in [-0.3, -0.25) is 0 Å². The average molecular weight is 272 g/mol. The lowest BCUT2D eigenvalue weighted by Crippen LogP contribution is -2.29. The van der Waals surface area contributed by atoms with E-state index in [-0.39, 0.29) is 11.1 Å². The summed E-state index contributed by atoms with van der Waals surface area (Å²) in [4.78, 5) is 0. The third-order valence-corrected chi connectivity index (χ3v) is 6.20. The Hall–Kier alpha value is -0.190. The molecule has 1 nitrogen and oxygen atoms in total. The summed E-state index contributed by atoms with van der Waals surface area (Å²) in [6, 6.07) is 4.93. The van der Waals surface area contributed by atoms with Gasteiger partial charge in [0.2, 0.25) is 0 Å². The molecule has 0 amide bonds. The predicted molar refractivity (Wildman–Crippen MR) is 74.3 cm³/mol. The normalized spacial score (nSPS) is 26.8. The monoisotopic (exact) mass is 272 g/mol. The van der Waals surface area contributed by atoms with Gasteiger partial charge in [0.1, 0.15) is 5.82 Å². The Morgan fingerprint density at radius 3 is 2.76 bits per heavy atom. The number of rotatable bonds is 2. The first kappa shape index (κ1) is 13.2. The fraction of sp³-hybridized carbons (Fsp3) is 0.538. The molecule has 1 N–H and O–H groups in total. The van der Waals surface area contributed by atoms with Crippen LogP contribution in [-0.2, 0) is 0 Å². The predicted octanol–water partition coefficient (Wildman–Crippen LogP) is 3.40. The second-order valence-electron chi connectivity index (χ2n) is 4.38. The smallest absolute Gasteiger partial charge is 0.129 e. The average Bonchev–Trinajstić information content (AvgIpc) is 2.32. The second-order valence-corrected chi connectivity index (χ2v) is 7.15. The van der Waals surface area contributed by atoms with Gasteiger partial charge in [0, 0.05) is 27.6 Å². The number of thioether (sulfide) groups is 2. The summed E-state index contributed by atoms with van der Waals surface area (Å²) in [6.07, 6.45) is -0.706. The number of benzene rings is 1. The maximum atomic E-state index is 13.7. The molecule has 0 radical (unpaired) electrons. The van der Waals surface area contributed by atoms with E-state index in [0.717, 1.165) is 17.1 Å². The molecule has 1 aliphatic rings. The van der Waals surface area contributed by atoms with E-state index >= 15 is 0 Å². The summed E-state index contributed by atoms with van der Waals surface area (Å²) in [5, 5.41) is 10.8. The van der Waals surface area contributed by atoms with Crippen molar-refractivity contribution >= 4 is 23.5 Å². The first-order valence-corrected chi connectivity index (χ1v) is 7.86. The fourth-order valence-electron chi connectivity index (χ4n) is 2.06. The zero-order valence-corrected chi connectivity index (χ0v) is 11.7. The maximum absolute atomic E-state index is 13.7. The van der Waals surface area contributed by atoms with Crippen LogP contribution in [0.25, 0.3) is 0 Å². The van der Waals surface area contributed by atoms with Crippen LogP contribution < -0.4 is 0 Å². The molecule has 1 fully saturated rings. The third kappa shape index (κ3) is 2.98. The van der Waals surface area contributed by atoms with Gasteiger partial charge in [0.05, 0.1) is 6.10 Å². The van der Waals surface area contributed by atoms with E-state index in [1.54, 1.807) is 23.9 Å². The van der Waals surface area contributed by atoms with Gasteiger partial charge in [0.25, 0.3) is 0 Å². The summed E-state index contributed by atoms with van der Waals surface area (Å²) < 4.78 is 13.7. The Morgan fingerprint density at radius 1 is 1.35 bits per heavy atom. The van der Waals surface area contributed by atoms with Gasteiger partial charge in [-0.2, -0.15) is 23.5 Å². The minimum atomic E-state index is -0.706. The summed E-state index contributed by atoms with van der Waals surface area (Å²) >= 11 is 3.61. The van der Waals surface area contributed by atoms with Crippen molar-refractivity contribution in [2.45, 2.75) is 30.5 Å². The van der Waals surface area contributed by atoms with E-state index in [2.05, 4.69) is 6.92 Å². The van der Waals surface area contributed by atoms with Crippen LogP contribution in [0, 0.1) is 12.7 Å². The quantitative estimate of drug-likeness (QED) is 0.891. The number of aryl methyl sites for hydroxylation is 1. The van der Waals surface area contributed by atoms with Crippen molar-refractivity contribution in [3.63, 3.8) is 0 Å². The highest BCUT2D eigenvalue weighted by Gasteiger charge is 2.31. The summed E-state index contributed by atoms with van der Waals surface area (Å²) in [5.74, 6) is 1.85. The van der Waals surface area contributed by atoms with E-state index in [1.165, 1.54) is 6.07 Å². The highest BCUT2D eigenvalue weighted by atomic mass is 32.2. The minimum absolute atomic E-state index is 0.0880. The lowest BCUT2D eigenvalue weighted by Gasteiger charge is -2.32. The van der Waals surface area contributed by atoms with Gasteiger partial charge in [0.15, 0.2) is 0 Å². The largest absolute Gasteiger partial charge is 0.387 e. The number of halogens is 1. The molecule has 1 aromatic rings. The lowest BCUT2D eigenvalue weighted by atomic mass is 10.0. The van der Waals surface area contributed by atoms with Crippen LogP contribution in [0.5, 0.6) is 0 Å². The molecule has 0 saturated carbocycles. The van der Waals surface area contributed by atoms with Crippen molar-refractivity contribution in [3.05, 3.63) is 35.1 Å². The third-order valence-electron chi connectivity index (χ3n) is 3.02. The number of hydrogen-bond acceptors (Lipinski definition) is 3. The molecule has 2 rings (SSSR count). The SMILES string of the molecule is Cc1ccc(F)c(C(O)C2SCCSC2C)c1. The number of aliphatic hydroxyl groups is 1. The van der Waals surface area contributed by atoms with Gasteiger partial charge >= 0.3 is 0 Å². The van der Waals surface area contributed by atoms with Crippen LogP contribution in [0.15, 0.2) is 18.2 Å². The standard InChI is InChI=1S/C13H17FOS2/c1-8-3-4-11(14)10(7-8)12(15)13-9(2)16-5-6-17-13/h3-4,7,9,12-13,15H,5-6H2,1-2H3. The summed E-state index contributed by atoms with van der Waals surface area (Å²) in [5.41, 5.74) is 1.43. The first-order valence-electron chi connectivity index (χ1n) is 5.77. The first-order chi connectivity index (χ1) is 8.09. The molecule has 0 aliphatic carbocycles. The topological polar surface area (TPSA) is 20.2 Å². The Kier molecular flexibility index (Phi) is 4.39. The molecule has 0 aromatic heterocycles. The van der Waals surface area contributed by atoms with Gasteiger partial charge < -0.3 is 5.11 Å². The summed E-state index contributed by atoms with van der Waals surface area (Å²) in [7, 11) is 0. The molecule has 3 atom stereocenters. The number of aliphatic hydroxyl groups excluding tert-OH is 1. The van der Waals surface area contributed by atoms with Crippen LogP contribution >= 0.6 is 23.5 Å². The molecular weight excluding hydrogens is 255 g/mol. The Morgan fingerprint density at radius 2 is 2.06 bits per heavy atom. The lowest BCUT2D eigenvalue weighted by molar-refractivity contribution is 0.169. The van der Waals surface area contributed by atoms with Crippen molar-refractivity contribution in [2.75, 3.05) is 11.5 Å². The van der Waals surface area contributed by atoms with Crippen LogP contribution in [0.4, 0.5) is 4.39 Å². The van der Waals surface area contributed by atoms with Gasteiger partial charge in [-0.05, 0) is 13.0 Å².